The first-order valence-corrected chi connectivity index (χ1v) is 9.36. The van der Waals surface area contributed by atoms with Crippen LogP contribution in [0.4, 0.5) is 18.9 Å². The molecule has 0 aliphatic heterocycles. The van der Waals surface area contributed by atoms with E-state index in [2.05, 4.69) is 0 Å². The van der Waals surface area contributed by atoms with E-state index in [1.165, 1.54) is 13.2 Å². The number of sulfonamides is 1. The standard InChI is InChI=1S/C17H15F3N2O6S/c1-8(16(23)22-11-5-4-10(18)14(19)15(11)20)28-17(24)9-3-6-12(27-2)13(7-9)29(21,25)26/h3-8H,1-2H3,(H,22,23)(H2,21,25,26). The molecule has 0 heterocycles. The van der Waals surface area contributed by atoms with Crippen molar-refractivity contribution in [1.82, 2.24) is 0 Å². The van der Waals surface area contributed by atoms with Gasteiger partial charge in [0.05, 0.1) is 18.4 Å². The Labute approximate surface area is 163 Å². The van der Waals surface area contributed by atoms with Crippen LogP contribution in [0.3, 0.4) is 0 Å². The maximum absolute atomic E-state index is 13.6. The van der Waals surface area contributed by atoms with Crippen molar-refractivity contribution >= 4 is 27.6 Å². The number of nitrogens with one attached hydrogen (secondary N) is 1. The van der Waals surface area contributed by atoms with Gasteiger partial charge >= 0.3 is 5.97 Å². The summed E-state index contributed by atoms with van der Waals surface area (Å²) in [6.45, 7) is 1.13. The highest BCUT2D eigenvalue weighted by Crippen LogP contribution is 2.24. The number of primary sulfonamides is 1. The molecule has 2 rings (SSSR count). The fourth-order valence-electron chi connectivity index (χ4n) is 2.16. The van der Waals surface area contributed by atoms with Crippen molar-refractivity contribution in [2.24, 2.45) is 5.14 Å². The van der Waals surface area contributed by atoms with Crippen LogP contribution in [0.1, 0.15) is 17.3 Å². The van der Waals surface area contributed by atoms with Crippen molar-refractivity contribution in [3.63, 3.8) is 0 Å². The maximum Gasteiger partial charge on any atom is 0.338 e. The third kappa shape index (κ3) is 5.03. The van der Waals surface area contributed by atoms with Crippen LogP contribution in [0.2, 0.25) is 0 Å². The van der Waals surface area contributed by atoms with Gasteiger partial charge < -0.3 is 14.8 Å². The van der Waals surface area contributed by atoms with Gasteiger partial charge in [0.1, 0.15) is 10.6 Å². The summed E-state index contributed by atoms with van der Waals surface area (Å²) in [6, 6.07) is 4.64. The van der Waals surface area contributed by atoms with Crippen LogP contribution in [-0.2, 0) is 19.6 Å². The molecule has 2 aromatic rings. The number of ether oxygens (including phenoxy) is 2. The average Bonchev–Trinajstić information content (AvgIpc) is 2.66. The van der Waals surface area contributed by atoms with Gasteiger partial charge in [0, 0.05) is 0 Å². The fourth-order valence-corrected chi connectivity index (χ4v) is 2.89. The van der Waals surface area contributed by atoms with E-state index in [1.54, 1.807) is 0 Å². The first kappa shape index (κ1) is 22.2. The molecule has 0 bridgehead atoms. The van der Waals surface area contributed by atoms with E-state index in [4.69, 9.17) is 14.6 Å². The molecule has 0 radical (unpaired) electrons. The molecule has 2 aromatic carbocycles. The third-order valence-corrected chi connectivity index (χ3v) is 4.58. The third-order valence-electron chi connectivity index (χ3n) is 3.65. The van der Waals surface area contributed by atoms with Gasteiger partial charge in [0.2, 0.25) is 10.0 Å². The second-order valence-corrected chi connectivity index (χ2v) is 7.20. The highest BCUT2D eigenvalue weighted by atomic mass is 32.2. The molecule has 3 N–H and O–H groups in total. The summed E-state index contributed by atoms with van der Waals surface area (Å²) in [5.74, 6) is -7.07. The van der Waals surface area contributed by atoms with Crippen molar-refractivity contribution in [1.29, 1.82) is 0 Å². The van der Waals surface area contributed by atoms with Crippen LogP contribution in [-0.4, -0.2) is 33.5 Å². The fraction of sp³-hybridized carbons (Fsp3) is 0.176. The second kappa shape index (κ2) is 8.49. The van der Waals surface area contributed by atoms with Crippen LogP contribution < -0.4 is 15.2 Å². The van der Waals surface area contributed by atoms with E-state index in [-0.39, 0.29) is 11.3 Å². The quantitative estimate of drug-likeness (QED) is 0.531. The summed E-state index contributed by atoms with van der Waals surface area (Å²) in [5.41, 5.74) is -0.911. The van der Waals surface area contributed by atoms with Crippen molar-refractivity contribution in [2.45, 2.75) is 17.9 Å². The molecule has 0 saturated heterocycles. The lowest BCUT2D eigenvalue weighted by Crippen LogP contribution is -2.30. The second-order valence-electron chi connectivity index (χ2n) is 5.67. The van der Waals surface area contributed by atoms with Crippen molar-refractivity contribution < 1.29 is 40.7 Å². The summed E-state index contributed by atoms with van der Waals surface area (Å²) >= 11 is 0. The lowest BCUT2D eigenvalue weighted by molar-refractivity contribution is -0.123. The molecule has 8 nitrogen and oxygen atoms in total. The van der Waals surface area contributed by atoms with Gasteiger partial charge in [-0.25, -0.2) is 31.5 Å². The predicted molar refractivity (Wildman–Crippen MR) is 94.2 cm³/mol. The van der Waals surface area contributed by atoms with Gasteiger partial charge in [-0.3, -0.25) is 4.79 Å². The lowest BCUT2D eigenvalue weighted by atomic mass is 10.2. The SMILES string of the molecule is COc1ccc(C(=O)OC(C)C(=O)Nc2ccc(F)c(F)c2F)cc1S(N)(=O)=O. The normalized spacial score (nSPS) is 12.2. The smallest absolute Gasteiger partial charge is 0.338 e. The zero-order valence-electron chi connectivity index (χ0n) is 15.0. The molecule has 29 heavy (non-hydrogen) atoms. The maximum atomic E-state index is 13.6. The minimum Gasteiger partial charge on any atom is -0.495 e. The number of esters is 1. The number of hydrogen-bond donors (Lipinski definition) is 2. The topological polar surface area (TPSA) is 125 Å². The molecule has 0 aliphatic rings. The minimum atomic E-state index is -4.22. The molecule has 0 aromatic heterocycles. The van der Waals surface area contributed by atoms with Crippen LogP contribution >= 0.6 is 0 Å². The number of rotatable bonds is 6. The average molecular weight is 432 g/mol. The van der Waals surface area contributed by atoms with Gasteiger partial charge in [-0.1, -0.05) is 0 Å². The van der Waals surface area contributed by atoms with Crippen molar-refractivity contribution in [3.8, 4) is 5.75 Å². The molecule has 0 spiro atoms. The van der Waals surface area contributed by atoms with E-state index >= 15 is 0 Å². The Morgan fingerprint density at radius 1 is 1.10 bits per heavy atom. The van der Waals surface area contributed by atoms with Gasteiger partial charge in [0.15, 0.2) is 23.6 Å². The number of methoxy groups -OCH3 is 1. The Hall–Kier alpha value is -3.12. The Morgan fingerprint density at radius 2 is 1.76 bits per heavy atom. The number of amides is 1. The van der Waals surface area contributed by atoms with Gasteiger partial charge in [-0.05, 0) is 37.3 Å². The zero-order valence-corrected chi connectivity index (χ0v) is 15.8. The Balaban J connectivity index is 2.16. The van der Waals surface area contributed by atoms with E-state index in [0.717, 1.165) is 25.1 Å². The number of benzene rings is 2. The number of halogens is 3. The molecule has 0 fully saturated rings. The number of carbonyl (C=O) groups excluding carboxylic acids is 2. The Morgan fingerprint density at radius 3 is 2.34 bits per heavy atom. The van der Waals surface area contributed by atoms with Gasteiger partial charge in [-0.15, -0.1) is 0 Å². The van der Waals surface area contributed by atoms with E-state index in [1.807, 2.05) is 5.32 Å². The minimum absolute atomic E-state index is 0.108. The lowest BCUT2D eigenvalue weighted by Gasteiger charge is -2.15. The van der Waals surface area contributed by atoms with Gasteiger partial charge in [-0.2, -0.15) is 0 Å². The van der Waals surface area contributed by atoms with Crippen molar-refractivity contribution in [3.05, 3.63) is 53.3 Å². The molecule has 1 atom stereocenters. The Bertz CT molecular complexity index is 1080. The Kier molecular flexibility index (Phi) is 6.49. The first-order valence-electron chi connectivity index (χ1n) is 7.82. The largest absolute Gasteiger partial charge is 0.495 e. The monoisotopic (exact) mass is 432 g/mol. The van der Waals surface area contributed by atoms with E-state index < -0.39 is 56.0 Å². The van der Waals surface area contributed by atoms with Crippen LogP contribution in [0.5, 0.6) is 5.75 Å². The number of nitrogens with two attached hydrogens (primary N) is 1. The van der Waals surface area contributed by atoms with Crippen LogP contribution in [0.25, 0.3) is 0 Å². The predicted octanol–water partition coefficient (Wildman–Crippen LogP) is 1.94. The molecule has 0 saturated carbocycles. The zero-order chi connectivity index (χ0) is 21.9. The summed E-state index contributed by atoms with van der Waals surface area (Å²) in [6.07, 6.45) is -1.49. The van der Waals surface area contributed by atoms with E-state index in [0.29, 0.717) is 6.07 Å². The van der Waals surface area contributed by atoms with E-state index in [9.17, 15) is 31.2 Å². The number of carbonyl (C=O) groups is 2. The van der Waals surface area contributed by atoms with Crippen LogP contribution in [0.15, 0.2) is 35.2 Å². The summed E-state index contributed by atoms with van der Waals surface area (Å²) < 4.78 is 72.7. The molecular weight excluding hydrogens is 417 g/mol. The van der Waals surface area contributed by atoms with Crippen molar-refractivity contribution in [2.75, 3.05) is 12.4 Å². The molecule has 1 unspecified atom stereocenters. The summed E-state index contributed by atoms with van der Waals surface area (Å²) in [7, 11) is -3.02. The highest BCUT2D eigenvalue weighted by molar-refractivity contribution is 7.89. The molecule has 12 heteroatoms. The highest BCUT2D eigenvalue weighted by Gasteiger charge is 2.24. The molecule has 1 amide bonds. The number of hydrogen-bond acceptors (Lipinski definition) is 6. The summed E-state index contributed by atoms with van der Waals surface area (Å²) in [4.78, 5) is 23.8. The van der Waals surface area contributed by atoms with Gasteiger partial charge in [0.25, 0.3) is 5.91 Å². The molecule has 0 aliphatic carbocycles. The number of anilines is 1. The summed E-state index contributed by atoms with van der Waals surface area (Å²) in [5, 5.41) is 7.01. The molecule has 156 valence electrons. The van der Waals surface area contributed by atoms with Crippen LogP contribution in [0, 0.1) is 17.5 Å². The molecular formula is C17H15F3N2O6S. The first-order chi connectivity index (χ1) is 13.5.